The van der Waals surface area contributed by atoms with E-state index in [0.717, 1.165) is 34.0 Å². The maximum absolute atomic E-state index is 9.24. The Morgan fingerprint density at radius 2 is 1.88 bits per heavy atom. The normalized spacial score (nSPS) is 10.2. The molecule has 0 fully saturated rings. The van der Waals surface area contributed by atoms with Crippen LogP contribution in [0.15, 0.2) is 48.5 Å². The van der Waals surface area contributed by atoms with E-state index in [1.54, 1.807) is 25.0 Å². The van der Waals surface area contributed by atoms with Crippen LogP contribution in [0.25, 0.3) is 16.9 Å². The summed E-state index contributed by atoms with van der Waals surface area (Å²) in [5.74, 6) is 1.56. The second-order valence-electron chi connectivity index (χ2n) is 5.32. The van der Waals surface area contributed by atoms with E-state index < -0.39 is 0 Å². The summed E-state index contributed by atoms with van der Waals surface area (Å²) in [6.07, 6.45) is 0. The van der Waals surface area contributed by atoms with Gasteiger partial charge in [0.05, 0.1) is 25.6 Å². The Morgan fingerprint density at radius 3 is 2.54 bits per heavy atom. The van der Waals surface area contributed by atoms with E-state index in [1.165, 1.54) is 0 Å². The van der Waals surface area contributed by atoms with E-state index in [-0.39, 0.29) is 0 Å². The molecule has 2 aromatic carbocycles. The highest BCUT2D eigenvalue weighted by atomic mass is 16.5. The molecule has 3 aromatic rings. The fraction of sp³-hybridized carbons (Fsp3) is 0.158. The molecule has 1 aromatic heterocycles. The number of rotatable bonds is 4. The molecule has 24 heavy (non-hydrogen) atoms. The van der Waals surface area contributed by atoms with Crippen LogP contribution in [-0.4, -0.2) is 24.0 Å². The molecule has 0 saturated carbocycles. The van der Waals surface area contributed by atoms with Crippen molar-refractivity contribution in [1.29, 1.82) is 5.26 Å². The Morgan fingerprint density at radius 1 is 1.04 bits per heavy atom. The van der Waals surface area contributed by atoms with Gasteiger partial charge in [-0.3, -0.25) is 0 Å². The molecule has 0 unspecified atom stereocenters. The summed E-state index contributed by atoms with van der Waals surface area (Å²) in [7, 11) is 3.27. The maximum atomic E-state index is 9.24. The Balaban J connectivity index is 2.16. The minimum atomic E-state index is 0.362. The van der Waals surface area contributed by atoms with Gasteiger partial charge in [-0.2, -0.15) is 10.4 Å². The lowest BCUT2D eigenvalue weighted by molar-refractivity contribution is 0.412. The quantitative estimate of drug-likeness (QED) is 0.735. The first-order valence-corrected chi connectivity index (χ1v) is 7.46. The van der Waals surface area contributed by atoms with Gasteiger partial charge in [0.1, 0.15) is 17.6 Å². The van der Waals surface area contributed by atoms with Gasteiger partial charge in [-0.15, -0.1) is 0 Å². The van der Waals surface area contributed by atoms with Crippen LogP contribution in [0.2, 0.25) is 0 Å². The molecule has 0 atom stereocenters. The number of methoxy groups -OCH3 is 2. The second kappa shape index (κ2) is 6.47. The Hall–Kier alpha value is -3.26. The fourth-order valence-corrected chi connectivity index (χ4v) is 2.62. The average Bonchev–Trinajstić information content (AvgIpc) is 3.06. The molecule has 0 aliphatic carbocycles. The number of hydrogen-bond donors (Lipinski definition) is 0. The van der Waals surface area contributed by atoms with Crippen molar-refractivity contribution in [2.45, 2.75) is 6.92 Å². The molecule has 1 heterocycles. The van der Waals surface area contributed by atoms with E-state index in [4.69, 9.17) is 9.47 Å². The number of ether oxygens (including phenoxy) is 2. The monoisotopic (exact) mass is 319 g/mol. The number of nitrogens with zero attached hydrogens (tertiary/aromatic N) is 3. The molecule has 3 rings (SSSR count). The Kier molecular flexibility index (Phi) is 4.21. The van der Waals surface area contributed by atoms with Gasteiger partial charge < -0.3 is 9.47 Å². The molecule has 0 saturated heterocycles. The number of nitriles is 1. The van der Waals surface area contributed by atoms with Crippen molar-refractivity contribution in [3.63, 3.8) is 0 Å². The van der Waals surface area contributed by atoms with Gasteiger partial charge in [-0.05, 0) is 42.8 Å². The van der Waals surface area contributed by atoms with Crippen LogP contribution in [0.5, 0.6) is 11.5 Å². The topological polar surface area (TPSA) is 60.1 Å². The van der Waals surface area contributed by atoms with Gasteiger partial charge >= 0.3 is 0 Å². The van der Waals surface area contributed by atoms with Crippen molar-refractivity contribution in [3.8, 4) is 34.5 Å². The number of benzene rings is 2. The maximum Gasteiger partial charge on any atom is 0.163 e. The first kappa shape index (κ1) is 15.6. The number of aryl methyl sites for hydroxylation is 1. The summed E-state index contributed by atoms with van der Waals surface area (Å²) in [6, 6.07) is 17.4. The SMILES string of the molecule is COc1cccc(-n2nc(C#N)cc2-c2ccc(OC)c(C)c2)c1. The van der Waals surface area contributed by atoms with Gasteiger partial charge in [0.25, 0.3) is 0 Å². The third-order valence-corrected chi connectivity index (χ3v) is 3.81. The van der Waals surface area contributed by atoms with Crippen LogP contribution in [-0.2, 0) is 0 Å². The lowest BCUT2D eigenvalue weighted by Crippen LogP contribution is -2.00. The molecule has 5 heteroatoms. The molecular formula is C19H17N3O2. The number of aromatic nitrogens is 2. The van der Waals surface area contributed by atoms with E-state index in [9.17, 15) is 5.26 Å². The molecule has 120 valence electrons. The second-order valence-corrected chi connectivity index (χ2v) is 5.32. The zero-order valence-corrected chi connectivity index (χ0v) is 13.8. The van der Waals surface area contributed by atoms with Crippen molar-refractivity contribution in [1.82, 2.24) is 9.78 Å². The predicted molar refractivity (Wildman–Crippen MR) is 91.6 cm³/mol. The lowest BCUT2D eigenvalue weighted by Gasteiger charge is -2.11. The van der Waals surface area contributed by atoms with Crippen LogP contribution in [0, 0.1) is 18.3 Å². The third-order valence-electron chi connectivity index (χ3n) is 3.81. The minimum absolute atomic E-state index is 0.362. The van der Waals surface area contributed by atoms with E-state index in [0.29, 0.717) is 5.69 Å². The molecular weight excluding hydrogens is 302 g/mol. The largest absolute Gasteiger partial charge is 0.497 e. The zero-order chi connectivity index (χ0) is 17.1. The van der Waals surface area contributed by atoms with E-state index >= 15 is 0 Å². The van der Waals surface area contributed by atoms with Crippen LogP contribution in [0.3, 0.4) is 0 Å². The highest BCUT2D eigenvalue weighted by Gasteiger charge is 2.13. The number of hydrogen-bond acceptors (Lipinski definition) is 4. The summed E-state index contributed by atoms with van der Waals surface area (Å²) in [5, 5.41) is 13.6. The summed E-state index contributed by atoms with van der Waals surface area (Å²) in [5.41, 5.74) is 4.02. The summed E-state index contributed by atoms with van der Waals surface area (Å²) in [4.78, 5) is 0. The van der Waals surface area contributed by atoms with E-state index in [2.05, 4.69) is 11.2 Å². The summed E-state index contributed by atoms with van der Waals surface area (Å²) >= 11 is 0. The van der Waals surface area contributed by atoms with Crippen molar-refractivity contribution in [3.05, 3.63) is 59.8 Å². The highest BCUT2D eigenvalue weighted by molar-refractivity contribution is 5.66. The molecule has 0 aliphatic heterocycles. The molecule has 0 spiro atoms. The van der Waals surface area contributed by atoms with Crippen molar-refractivity contribution < 1.29 is 9.47 Å². The predicted octanol–water partition coefficient (Wildman–Crippen LogP) is 3.74. The Labute approximate surface area is 140 Å². The Bertz CT molecular complexity index is 923. The van der Waals surface area contributed by atoms with E-state index in [1.807, 2.05) is 49.4 Å². The molecule has 5 nitrogen and oxygen atoms in total. The van der Waals surface area contributed by atoms with Crippen molar-refractivity contribution >= 4 is 0 Å². The van der Waals surface area contributed by atoms with Crippen LogP contribution < -0.4 is 9.47 Å². The lowest BCUT2D eigenvalue weighted by atomic mass is 10.1. The standard InChI is InChI=1S/C19H17N3O2/c1-13-9-14(7-8-19(13)24-3)18-10-15(12-20)21-22(18)16-5-4-6-17(11-16)23-2/h4-11H,1-3H3. The molecule has 0 amide bonds. The van der Waals surface area contributed by atoms with Gasteiger partial charge in [-0.1, -0.05) is 6.07 Å². The fourth-order valence-electron chi connectivity index (χ4n) is 2.62. The van der Waals surface area contributed by atoms with Crippen LogP contribution in [0.4, 0.5) is 0 Å². The molecule has 0 aliphatic rings. The first-order valence-electron chi connectivity index (χ1n) is 7.46. The molecule has 0 N–H and O–H groups in total. The zero-order valence-electron chi connectivity index (χ0n) is 13.8. The van der Waals surface area contributed by atoms with Crippen LogP contribution in [0.1, 0.15) is 11.3 Å². The van der Waals surface area contributed by atoms with Crippen molar-refractivity contribution in [2.24, 2.45) is 0 Å². The average molecular weight is 319 g/mol. The van der Waals surface area contributed by atoms with Gasteiger partial charge in [0.15, 0.2) is 5.69 Å². The molecule has 0 radical (unpaired) electrons. The van der Waals surface area contributed by atoms with Crippen LogP contribution >= 0.6 is 0 Å². The smallest absolute Gasteiger partial charge is 0.163 e. The minimum Gasteiger partial charge on any atom is -0.497 e. The van der Waals surface area contributed by atoms with Gasteiger partial charge in [0, 0.05) is 17.7 Å². The highest BCUT2D eigenvalue weighted by Crippen LogP contribution is 2.29. The van der Waals surface area contributed by atoms with Crippen molar-refractivity contribution in [2.75, 3.05) is 14.2 Å². The summed E-state index contributed by atoms with van der Waals surface area (Å²) in [6.45, 7) is 1.99. The first-order chi connectivity index (χ1) is 11.7. The third kappa shape index (κ3) is 2.82. The van der Waals surface area contributed by atoms with Gasteiger partial charge in [-0.25, -0.2) is 4.68 Å². The summed E-state index contributed by atoms with van der Waals surface area (Å²) < 4.78 is 12.4. The van der Waals surface area contributed by atoms with Gasteiger partial charge in [0.2, 0.25) is 0 Å². The molecule has 0 bridgehead atoms.